The fourth-order valence-corrected chi connectivity index (χ4v) is 3.01. The van der Waals surface area contributed by atoms with Gasteiger partial charge in [0.25, 0.3) is 0 Å². The molecular weight excluding hydrogens is 364 g/mol. The fraction of sp³-hybridized carbons (Fsp3) is 0.300. The summed E-state index contributed by atoms with van der Waals surface area (Å²) < 4.78 is 0. The minimum absolute atomic E-state index is 0. The number of rotatable bonds is 3. The molecule has 0 bridgehead atoms. The molecule has 0 aliphatic carbocycles. The summed E-state index contributed by atoms with van der Waals surface area (Å²) >= 11 is 0. The van der Waals surface area contributed by atoms with Crippen LogP contribution in [0.2, 0.25) is 0 Å². The molecule has 1 fully saturated rings. The van der Waals surface area contributed by atoms with Crippen LogP contribution in [-0.4, -0.2) is 47.9 Å². The predicted octanol–water partition coefficient (Wildman–Crippen LogP) is 2.92. The Labute approximate surface area is 165 Å². The van der Waals surface area contributed by atoms with Crippen LogP contribution in [0, 0.1) is 6.92 Å². The summed E-state index contributed by atoms with van der Waals surface area (Å²) in [6.07, 6.45) is 0.357. The first-order valence-corrected chi connectivity index (χ1v) is 8.76. The van der Waals surface area contributed by atoms with Crippen molar-refractivity contribution < 1.29 is 9.59 Å². The second-order valence-corrected chi connectivity index (χ2v) is 6.59. The Hall–Kier alpha value is -2.73. The second-order valence-electron chi connectivity index (χ2n) is 6.59. The number of carbonyl (C=O) groups is 2. The van der Waals surface area contributed by atoms with E-state index in [0.717, 1.165) is 16.8 Å². The normalized spacial score (nSPS) is 13.7. The van der Waals surface area contributed by atoms with Gasteiger partial charge in [-0.25, -0.2) is 4.79 Å². The number of benzene rings is 2. The smallest absolute Gasteiger partial charge is 0.321 e. The Morgan fingerprint density at radius 3 is 2.26 bits per heavy atom. The van der Waals surface area contributed by atoms with Crippen molar-refractivity contribution in [3.05, 3.63) is 59.7 Å². The number of hydrogen-bond acceptors (Lipinski definition) is 3. The van der Waals surface area contributed by atoms with E-state index in [1.165, 1.54) is 0 Å². The Balaban J connectivity index is 0.00000261. The highest BCUT2D eigenvalue weighted by Crippen LogP contribution is 2.13. The Bertz CT molecular complexity index is 787. The number of halogens is 1. The third-order valence-electron chi connectivity index (χ3n) is 4.52. The molecule has 6 nitrogen and oxygen atoms in total. The topological polar surface area (TPSA) is 78.7 Å². The lowest BCUT2D eigenvalue weighted by atomic mass is 10.1. The van der Waals surface area contributed by atoms with E-state index < -0.39 is 0 Å². The average Bonchev–Trinajstić information content (AvgIpc) is 2.64. The van der Waals surface area contributed by atoms with Gasteiger partial charge in [0, 0.05) is 37.6 Å². The highest BCUT2D eigenvalue weighted by molar-refractivity contribution is 5.89. The van der Waals surface area contributed by atoms with Crippen LogP contribution in [0.5, 0.6) is 0 Å². The zero-order valence-electron chi connectivity index (χ0n) is 15.4. The van der Waals surface area contributed by atoms with Crippen molar-refractivity contribution in [2.75, 3.05) is 37.2 Å². The third kappa shape index (κ3) is 5.62. The molecule has 7 heteroatoms. The average molecular weight is 389 g/mol. The SMILES string of the molecule is Cc1cccc(NC(=O)N2CCN(C(=O)Cc3ccc(N)cc3)CC2)c1.Cl. The number of anilines is 2. The summed E-state index contributed by atoms with van der Waals surface area (Å²) in [4.78, 5) is 28.4. The Morgan fingerprint density at radius 2 is 1.63 bits per heavy atom. The molecule has 3 N–H and O–H groups in total. The number of urea groups is 1. The van der Waals surface area contributed by atoms with E-state index in [-0.39, 0.29) is 24.3 Å². The molecule has 0 atom stereocenters. The van der Waals surface area contributed by atoms with Gasteiger partial charge in [0.15, 0.2) is 0 Å². The largest absolute Gasteiger partial charge is 0.399 e. The maximum absolute atomic E-state index is 12.4. The van der Waals surface area contributed by atoms with Crippen molar-refractivity contribution in [3.63, 3.8) is 0 Å². The van der Waals surface area contributed by atoms with E-state index in [1.807, 2.05) is 48.2 Å². The van der Waals surface area contributed by atoms with Crippen molar-refractivity contribution in [2.45, 2.75) is 13.3 Å². The minimum atomic E-state index is -0.124. The first-order chi connectivity index (χ1) is 12.5. The highest BCUT2D eigenvalue weighted by Gasteiger charge is 2.24. The van der Waals surface area contributed by atoms with Gasteiger partial charge in [0.05, 0.1) is 6.42 Å². The van der Waals surface area contributed by atoms with E-state index in [2.05, 4.69) is 5.32 Å². The third-order valence-corrected chi connectivity index (χ3v) is 4.52. The van der Waals surface area contributed by atoms with E-state index in [9.17, 15) is 9.59 Å². The van der Waals surface area contributed by atoms with Crippen molar-refractivity contribution in [2.24, 2.45) is 0 Å². The van der Waals surface area contributed by atoms with Crippen molar-refractivity contribution in [1.82, 2.24) is 9.80 Å². The molecular formula is C20H25ClN4O2. The number of aryl methyl sites for hydroxylation is 1. The summed E-state index contributed by atoms with van der Waals surface area (Å²) in [6, 6.07) is 14.9. The minimum Gasteiger partial charge on any atom is -0.399 e. The molecule has 1 saturated heterocycles. The number of nitrogen functional groups attached to an aromatic ring is 1. The van der Waals surface area contributed by atoms with Crippen LogP contribution in [0.25, 0.3) is 0 Å². The van der Waals surface area contributed by atoms with Gasteiger partial charge in [-0.15, -0.1) is 12.4 Å². The molecule has 1 heterocycles. The second kappa shape index (κ2) is 9.28. The molecule has 0 radical (unpaired) electrons. The maximum atomic E-state index is 12.4. The number of nitrogens with one attached hydrogen (secondary N) is 1. The molecule has 27 heavy (non-hydrogen) atoms. The standard InChI is InChI=1S/C20H24N4O2.ClH/c1-15-3-2-4-18(13-15)22-20(26)24-11-9-23(10-12-24)19(25)14-16-5-7-17(21)8-6-16;/h2-8,13H,9-12,14,21H2,1H3,(H,22,26);1H. The Morgan fingerprint density at radius 1 is 1.00 bits per heavy atom. The molecule has 0 saturated carbocycles. The van der Waals surface area contributed by atoms with Gasteiger partial charge in [-0.05, 0) is 42.3 Å². The number of nitrogens with two attached hydrogens (primary N) is 1. The highest BCUT2D eigenvalue weighted by atomic mass is 35.5. The number of carbonyl (C=O) groups excluding carboxylic acids is 2. The number of piperazine rings is 1. The van der Waals surface area contributed by atoms with Crippen LogP contribution in [0.15, 0.2) is 48.5 Å². The van der Waals surface area contributed by atoms with Crippen molar-refractivity contribution in [1.29, 1.82) is 0 Å². The lowest BCUT2D eigenvalue weighted by Gasteiger charge is -2.34. The summed E-state index contributed by atoms with van der Waals surface area (Å²) in [5.74, 6) is 0.0773. The number of nitrogens with zero attached hydrogens (tertiary/aromatic N) is 2. The van der Waals surface area contributed by atoms with E-state index >= 15 is 0 Å². The van der Waals surface area contributed by atoms with Gasteiger partial charge < -0.3 is 20.9 Å². The quantitative estimate of drug-likeness (QED) is 0.793. The molecule has 1 aliphatic rings. The van der Waals surface area contributed by atoms with Gasteiger partial charge in [0.1, 0.15) is 0 Å². The molecule has 1 aliphatic heterocycles. The lowest BCUT2D eigenvalue weighted by Crippen LogP contribution is -2.52. The van der Waals surface area contributed by atoms with Gasteiger partial charge in [0.2, 0.25) is 5.91 Å². The summed E-state index contributed by atoms with van der Waals surface area (Å²) in [6.45, 7) is 4.15. The molecule has 3 amide bonds. The van der Waals surface area contributed by atoms with Crippen molar-refractivity contribution in [3.8, 4) is 0 Å². The van der Waals surface area contributed by atoms with Crippen LogP contribution in [0.3, 0.4) is 0 Å². The lowest BCUT2D eigenvalue weighted by molar-refractivity contribution is -0.131. The van der Waals surface area contributed by atoms with Crippen molar-refractivity contribution >= 4 is 35.7 Å². The predicted molar refractivity (Wildman–Crippen MR) is 110 cm³/mol. The van der Waals surface area contributed by atoms with Gasteiger partial charge in [-0.1, -0.05) is 24.3 Å². The zero-order chi connectivity index (χ0) is 18.5. The van der Waals surface area contributed by atoms with E-state index in [4.69, 9.17) is 5.73 Å². The molecule has 144 valence electrons. The maximum Gasteiger partial charge on any atom is 0.321 e. The molecule has 2 aromatic carbocycles. The molecule has 3 rings (SSSR count). The molecule has 0 unspecified atom stereocenters. The first-order valence-electron chi connectivity index (χ1n) is 8.76. The molecule has 0 spiro atoms. The summed E-state index contributed by atoms with van der Waals surface area (Å²) in [7, 11) is 0. The van der Waals surface area contributed by atoms with Crippen LogP contribution in [-0.2, 0) is 11.2 Å². The van der Waals surface area contributed by atoms with Crippen LogP contribution in [0.4, 0.5) is 16.2 Å². The van der Waals surface area contributed by atoms with Crippen LogP contribution in [0.1, 0.15) is 11.1 Å². The summed E-state index contributed by atoms with van der Waals surface area (Å²) in [5.41, 5.74) is 9.19. The van der Waals surface area contributed by atoms with Gasteiger partial charge in [-0.3, -0.25) is 4.79 Å². The number of hydrogen-bond donors (Lipinski definition) is 2. The zero-order valence-corrected chi connectivity index (χ0v) is 16.2. The Kier molecular flexibility index (Phi) is 7.07. The number of amides is 3. The summed E-state index contributed by atoms with van der Waals surface area (Å²) in [5, 5.41) is 2.91. The van der Waals surface area contributed by atoms with Crippen LogP contribution >= 0.6 is 12.4 Å². The first kappa shape index (κ1) is 20.6. The van der Waals surface area contributed by atoms with E-state index in [1.54, 1.807) is 17.0 Å². The molecule has 0 aromatic heterocycles. The fourth-order valence-electron chi connectivity index (χ4n) is 3.01. The monoisotopic (exact) mass is 388 g/mol. The molecule has 2 aromatic rings. The van der Waals surface area contributed by atoms with Gasteiger partial charge in [-0.2, -0.15) is 0 Å². The van der Waals surface area contributed by atoms with Crippen LogP contribution < -0.4 is 11.1 Å². The van der Waals surface area contributed by atoms with Gasteiger partial charge >= 0.3 is 6.03 Å². The van der Waals surface area contributed by atoms with E-state index in [0.29, 0.717) is 38.3 Å².